The number of aliphatic imine (C=N–C) groups is 1. The number of aliphatic hydroxyl groups excluding tert-OH is 1. The van der Waals surface area contributed by atoms with Gasteiger partial charge in [0.25, 0.3) is 0 Å². The minimum absolute atomic E-state index is 0.0782. The standard InChI is InChI=1S/C14H22N2O2S/c1-7(2)14(3)12(18)16-13(19-14)15-10-5-9-4-8(10)6-11(9)17/h7-11,17H,4-6H2,1-3H3,(H,15,16,18)/t8-,9-,10+,11?,14+/m1/s1. The van der Waals surface area contributed by atoms with Crippen LogP contribution >= 0.6 is 11.8 Å². The van der Waals surface area contributed by atoms with Crippen LogP contribution in [0, 0.1) is 17.8 Å². The fourth-order valence-electron chi connectivity index (χ4n) is 3.46. The van der Waals surface area contributed by atoms with Crippen molar-refractivity contribution in [1.82, 2.24) is 5.32 Å². The van der Waals surface area contributed by atoms with Crippen molar-refractivity contribution in [2.24, 2.45) is 22.7 Å². The van der Waals surface area contributed by atoms with Gasteiger partial charge in [-0.3, -0.25) is 9.79 Å². The van der Waals surface area contributed by atoms with Crippen molar-refractivity contribution in [3.63, 3.8) is 0 Å². The highest BCUT2D eigenvalue weighted by molar-refractivity contribution is 8.16. The molecule has 3 rings (SSSR count). The summed E-state index contributed by atoms with van der Waals surface area (Å²) in [7, 11) is 0. The Kier molecular flexibility index (Phi) is 3.17. The molecule has 2 aliphatic carbocycles. The summed E-state index contributed by atoms with van der Waals surface area (Å²) in [6, 6.07) is 0.297. The summed E-state index contributed by atoms with van der Waals surface area (Å²) in [5.74, 6) is 1.30. The molecule has 5 heteroatoms. The average molecular weight is 282 g/mol. The van der Waals surface area contributed by atoms with E-state index in [0.717, 1.165) is 24.4 Å². The highest BCUT2D eigenvalue weighted by Gasteiger charge is 2.48. The maximum absolute atomic E-state index is 12.1. The molecule has 3 fully saturated rings. The van der Waals surface area contributed by atoms with Crippen molar-refractivity contribution in [1.29, 1.82) is 0 Å². The number of carbonyl (C=O) groups is 1. The Bertz CT molecular complexity index is 435. The molecule has 3 aliphatic rings. The quantitative estimate of drug-likeness (QED) is 0.811. The van der Waals surface area contributed by atoms with Crippen LogP contribution < -0.4 is 5.32 Å². The number of aliphatic hydroxyl groups is 1. The van der Waals surface area contributed by atoms with E-state index in [4.69, 9.17) is 4.99 Å². The second kappa shape index (κ2) is 4.48. The molecule has 106 valence electrons. The van der Waals surface area contributed by atoms with Crippen LogP contribution in [0.5, 0.6) is 0 Å². The van der Waals surface area contributed by atoms with E-state index in [1.165, 1.54) is 0 Å². The molecule has 4 nitrogen and oxygen atoms in total. The first-order valence-corrected chi connectivity index (χ1v) is 7.98. The van der Waals surface area contributed by atoms with Crippen molar-refractivity contribution >= 4 is 22.8 Å². The third-order valence-electron chi connectivity index (χ3n) is 5.15. The summed E-state index contributed by atoms with van der Waals surface area (Å²) in [5.41, 5.74) is 0. The SMILES string of the molecule is CC(C)[C@]1(C)SC(=N[C@H]2C[C@H]3C[C@@H]2CC3O)NC1=O. The molecule has 19 heavy (non-hydrogen) atoms. The maximum atomic E-state index is 12.1. The summed E-state index contributed by atoms with van der Waals surface area (Å²) in [5, 5.41) is 13.5. The Balaban J connectivity index is 1.72. The molecule has 1 unspecified atom stereocenters. The normalized spacial score (nSPS) is 47.4. The zero-order valence-electron chi connectivity index (χ0n) is 11.7. The first kappa shape index (κ1) is 13.4. The number of rotatable bonds is 2. The lowest BCUT2D eigenvalue weighted by atomic mass is 9.94. The van der Waals surface area contributed by atoms with Crippen LogP contribution in [-0.4, -0.2) is 33.1 Å². The van der Waals surface area contributed by atoms with E-state index in [-0.39, 0.29) is 17.9 Å². The van der Waals surface area contributed by atoms with Crippen LogP contribution in [0.25, 0.3) is 0 Å². The van der Waals surface area contributed by atoms with Crippen molar-refractivity contribution in [2.75, 3.05) is 0 Å². The minimum atomic E-state index is -0.393. The molecule has 2 bridgehead atoms. The molecule has 1 amide bonds. The molecule has 0 radical (unpaired) electrons. The molecule has 0 aromatic carbocycles. The summed E-state index contributed by atoms with van der Waals surface area (Å²) in [6.45, 7) is 6.14. The molecule has 5 atom stereocenters. The molecule has 1 heterocycles. The van der Waals surface area contributed by atoms with Gasteiger partial charge in [0.2, 0.25) is 5.91 Å². The monoisotopic (exact) mass is 282 g/mol. The van der Waals surface area contributed by atoms with Crippen molar-refractivity contribution in [2.45, 2.75) is 56.9 Å². The lowest BCUT2D eigenvalue weighted by Crippen LogP contribution is -2.38. The smallest absolute Gasteiger partial charge is 0.242 e. The van der Waals surface area contributed by atoms with E-state index in [1.807, 2.05) is 6.92 Å². The number of hydrogen-bond donors (Lipinski definition) is 2. The zero-order chi connectivity index (χ0) is 13.8. The summed E-state index contributed by atoms with van der Waals surface area (Å²) in [6.07, 6.45) is 2.84. The van der Waals surface area contributed by atoms with Crippen LogP contribution in [0.4, 0.5) is 0 Å². The zero-order valence-corrected chi connectivity index (χ0v) is 12.5. The van der Waals surface area contributed by atoms with Gasteiger partial charge in [0.1, 0.15) is 4.75 Å². The van der Waals surface area contributed by atoms with E-state index < -0.39 is 4.75 Å². The van der Waals surface area contributed by atoms with Gasteiger partial charge in [-0.1, -0.05) is 25.6 Å². The number of amidine groups is 1. The maximum Gasteiger partial charge on any atom is 0.242 e. The van der Waals surface area contributed by atoms with Gasteiger partial charge >= 0.3 is 0 Å². The van der Waals surface area contributed by atoms with Crippen LogP contribution in [0.3, 0.4) is 0 Å². The molecule has 0 spiro atoms. The van der Waals surface area contributed by atoms with Gasteiger partial charge in [-0.05, 0) is 43.9 Å². The van der Waals surface area contributed by atoms with Crippen molar-refractivity contribution in [3.8, 4) is 0 Å². The topological polar surface area (TPSA) is 61.7 Å². The largest absolute Gasteiger partial charge is 0.393 e. The molecule has 1 aliphatic heterocycles. The number of nitrogens with zero attached hydrogens (tertiary/aromatic N) is 1. The van der Waals surface area contributed by atoms with Crippen LogP contribution in [0.1, 0.15) is 40.0 Å². The lowest BCUT2D eigenvalue weighted by Gasteiger charge is -2.23. The predicted octanol–water partition coefficient (Wildman–Crippen LogP) is 1.78. The number of amides is 1. The van der Waals surface area contributed by atoms with Gasteiger partial charge < -0.3 is 10.4 Å². The second-order valence-corrected chi connectivity index (χ2v) is 8.05. The van der Waals surface area contributed by atoms with Gasteiger partial charge in [-0.2, -0.15) is 0 Å². The molecule has 2 saturated carbocycles. The number of nitrogens with one attached hydrogen (secondary N) is 1. The molecule has 1 saturated heterocycles. The fourth-order valence-corrected chi connectivity index (χ4v) is 4.57. The van der Waals surface area contributed by atoms with Gasteiger partial charge in [-0.25, -0.2) is 0 Å². The van der Waals surface area contributed by atoms with Crippen LogP contribution in [-0.2, 0) is 4.79 Å². The highest BCUT2D eigenvalue weighted by atomic mass is 32.2. The van der Waals surface area contributed by atoms with Gasteiger partial charge in [0.05, 0.1) is 12.1 Å². The highest BCUT2D eigenvalue weighted by Crippen LogP contribution is 2.47. The lowest BCUT2D eigenvalue weighted by molar-refractivity contribution is -0.122. The summed E-state index contributed by atoms with van der Waals surface area (Å²) >= 11 is 1.57. The van der Waals surface area contributed by atoms with Crippen molar-refractivity contribution < 1.29 is 9.90 Å². The second-order valence-electron chi connectivity index (χ2n) is 6.61. The molecule has 0 aromatic rings. The first-order chi connectivity index (χ1) is 8.90. The first-order valence-electron chi connectivity index (χ1n) is 7.16. The van der Waals surface area contributed by atoms with Crippen LogP contribution in [0.15, 0.2) is 4.99 Å². The van der Waals surface area contributed by atoms with Gasteiger partial charge in [0, 0.05) is 0 Å². The fraction of sp³-hybridized carbons (Fsp3) is 0.857. The van der Waals surface area contributed by atoms with Crippen molar-refractivity contribution in [3.05, 3.63) is 0 Å². The number of fused-ring (bicyclic) bond motifs is 2. The number of thioether (sulfide) groups is 1. The molecule has 2 N–H and O–H groups in total. The Hall–Kier alpha value is -0.550. The molecular weight excluding hydrogens is 260 g/mol. The van der Waals surface area contributed by atoms with E-state index in [0.29, 0.717) is 17.9 Å². The molecular formula is C14H22N2O2S. The van der Waals surface area contributed by atoms with Crippen LogP contribution in [0.2, 0.25) is 0 Å². The molecule has 0 aromatic heterocycles. The summed E-state index contributed by atoms with van der Waals surface area (Å²) in [4.78, 5) is 16.8. The Morgan fingerprint density at radius 1 is 1.37 bits per heavy atom. The van der Waals surface area contributed by atoms with Gasteiger partial charge in [-0.15, -0.1) is 0 Å². The van der Waals surface area contributed by atoms with Gasteiger partial charge in [0.15, 0.2) is 5.17 Å². The Morgan fingerprint density at radius 3 is 2.58 bits per heavy atom. The Morgan fingerprint density at radius 2 is 2.11 bits per heavy atom. The Labute approximate surface area is 118 Å². The third kappa shape index (κ3) is 2.11. The third-order valence-corrected chi connectivity index (χ3v) is 6.63. The number of carbonyl (C=O) groups excluding carboxylic acids is 1. The number of hydrogen-bond acceptors (Lipinski definition) is 4. The summed E-state index contributed by atoms with van der Waals surface area (Å²) < 4.78 is -0.393. The van der Waals surface area contributed by atoms with E-state index >= 15 is 0 Å². The van der Waals surface area contributed by atoms with E-state index in [2.05, 4.69) is 19.2 Å². The minimum Gasteiger partial charge on any atom is -0.393 e. The van der Waals surface area contributed by atoms with E-state index in [9.17, 15) is 9.90 Å². The predicted molar refractivity (Wildman–Crippen MR) is 77.0 cm³/mol. The average Bonchev–Trinajstić information content (AvgIpc) is 2.94. The van der Waals surface area contributed by atoms with E-state index in [1.54, 1.807) is 11.8 Å².